The average molecular weight is 267 g/mol. The fourth-order valence-corrected chi connectivity index (χ4v) is 3.32. The molecule has 2 aliphatic heterocycles. The van der Waals surface area contributed by atoms with Crippen LogP contribution in [-0.4, -0.2) is 19.1 Å². The van der Waals surface area contributed by atoms with Crippen molar-refractivity contribution in [2.24, 2.45) is 11.7 Å². The van der Waals surface area contributed by atoms with Crippen LogP contribution in [0.5, 0.6) is 0 Å². The van der Waals surface area contributed by atoms with Crippen LogP contribution in [0.4, 0.5) is 5.69 Å². The predicted octanol–water partition coefficient (Wildman–Crippen LogP) is 2.16. The van der Waals surface area contributed by atoms with Gasteiger partial charge in [-0.2, -0.15) is 0 Å². The number of halogens is 1. The van der Waals surface area contributed by atoms with Gasteiger partial charge in [0, 0.05) is 22.7 Å². The molecule has 0 aliphatic carbocycles. The Morgan fingerprint density at radius 1 is 1.47 bits per heavy atom. The van der Waals surface area contributed by atoms with Gasteiger partial charge >= 0.3 is 0 Å². The summed E-state index contributed by atoms with van der Waals surface area (Å²) in [5.41, 5.74) is 8.73. The van der Waals surface area contributed by atoms with Crippen LogP contribution in [0.3, 0.4) is 0 Å². The Bertz CT molecular complexity index is 391. The van der Waals surface area contributed by atoms with Gasteiger partial charge in [0.2, 0.25) is 0 Å². The van der Waals surface area contributed by atoms with Crippen LogP contribution in [-0.2, 0) is 6.42 Å². The zero-order valence-corrected chi connectivity index (χ0v) is 10.2. The van der Waals surface area contributed by atoms with E-state index in [9.17, 15) is 0 Å². The predicted molar refractivity (Wildman–Crippen MR) is 66.1 cm³/mol. The number of rotatable bonds is 1. The Morgan fingerprint density at radius 3 is 3.13 bits per heavy atom. The summed E-state index contributed by atoms with van der Waals surface area (Å²) in [5, 5.41) is 0. The first-order chi connectivity index (χ1) is 7.29. The summed E-state index contributed by atoms with van der Waals surface area (Å²) in [6, 6.07) is 7.29. The summed E-state index contributed by atoms with van der Waals surface area (Å²) in [5.74, 6) is 0.691. The molecule has 2 N–H and O–H groups in total. The molecule has 1 fully saturated rings. The third-order valence-electron chi connectivity index (χ3n) is 3.77. The lowest BCUT2D eigenvalue weighted by atomic mass is 9.97. The molecule has 2 atom stereocenters. The molecule has 2 aliphatic rings. The molecule has 0 bridgehead atoms. The maximum Gasteiger partial charge on any atom is 0.0413 e. The quantitative estimate of drug-likeness (QED) is 0.844. The van der Waals surface area contributed by atoms with Crippen LogP contribution in [0.15, 0.2) is 22.7 Å². The summed E-state index contributed by atoms with van der Waals surface area (Å²) in [6.45, 7) is 2.01. The van der Waals surface area contributed by atoms with Crippen molar-refractivity contribution >= 4 is 21.6 Å². The Labute approximate surface area is 98.6 Å². The second kappa shape index (κ2) is 3.49. The minimum atomic E-state index is 0.666. The molecular formula is C12H15BrN2. The molecule has 1 aromatic carbocycles. The first-order valence-electron chi connectivity index (χ1n) is 5.54. The van der Waals surface area contributed by atoms with Crippen LogP contribution >= 0.6 is 15.9 Å². The van der Waals surface area contributed by atoms with E-state index in [1.54, 1.807) is 0 Å². The Kier molecular flexibility index (Phi) is 2.25. The Hall–Kier alpha value is -0.540. The van der Waals surface area contributed by atoms with E-state index in [2.05, 4.69) is 39.0 Å². The SMILES string of the molecule is NCC1CCN2c3cc(Br)ccc3CC12. The summed E-state index contributed by atoms with van der Waals surface area (Å²) < 4.78 is 1.18. The monoisotopic (exact) mass is 266 g/mol. The molecule has 2 heterocycles. The van der Waals surface area contributed by atoms with Gasteiger partial charge < -0.3 is 10.6 Å². The van der Waals surface area contributed by atoms with E-state index < -0.39 is 0 Å². The number of nitrogens with zero attached hydrogens (tertiary/aromatic N) is 1. The fourth-order valence-electron chi connectivity index (χ4n) is 2.97. The number of fused-ring (bicyclic) bond motifs is 3. The van der Waals surface area contributed by atoms with Gasteiger partial charge in [0.25, 0.3) is 0 Å². The molecule has 15 heavy (non-hydrogen) atoms. The number of anilines is 1. The summed E-state index contributed by atoms with van der Waals surface area (Å²) in [4.78, 5) is 2.54. The molecule has 0 saturated carbocycles. The third kappa shape index (κ3) is 1.41. The second-order valence-electron chi connectivity index (χ2n) is 4.52. The normalized spacial score (nSPS) is 28.0. The zero-order chi connectivity index (χ0) is 10.4. The molecule has 80 valence electrons. The molecule has 0 amide bonds. The van der Waals surface area contributed by atoms with Gasteiger partial charge in [0.05, 0.1) is 0 Å². The lowest BCUT2D eigenvalue weighted by Gasteiger charge is -2.21. The number of nitrogens with two attached hydrogens (primary N) is 1. The largest absolute Gasteiger partial charge is 0.368 e. The topological polar surface area (TPSA) is 29.3 Å². The van der Waals surface area contributed by atoms with Crippen LogP contribution in [0.1, 0.15) is 12.0 Å². The minimum Gasteiger partial charge on any atom is -0.368 e. The molecule has 1 aromatic rings. The van der Waals surface area contributed by atoms with Gasteiger partial charge in [-0.3, -0.25) is 0 Å². The highest BCUT2D eigenvalue weighted by molar-refractivity contribution is 9.10. The van der Waals surface area contributed by atoms with Gasteiger partial charge in [-0.05, 0) is 43.0 Å². The summed E-state index contributed by atoms with van der Waals surface area (Å²) >= 11 is 3.54. The molecule has 2 unspecified atom stereocenters. The third-order valence-corrected chi connectivity index (χ3v) is 4.27. The maximum atomic E-state index is 5.82. The van der Waals surface area contributed by atoms with Gasteiger partial charge in [-0.25, -0.2) is 0 Å². The van der Waals surface area contributed by atoms with Crippen LogP contribution in [0.25, 0.3) is 0 Å². The zero-order valence-electron chi connectivity index (χ0n) is 8.62. The van der Waals surface area contributed by atoms with Crippen LogP contribution in [0, 0.1) is 5.92 Å². The van der Waals surface area contributed by atoms with E-state index in [-0.39, 0.29) is 0 Å². The smallest absolute Gasteiger partial charge is 0.0413 e. The van der Waals surface area contributed by atoms with Gasteiger partial charge in [-0.1, -0.05) is 22.0 Å². The minimum absolute atomic E-state index is 0.666. The summed E-state index contributed by atoms with van der Waals surface area (Å²) in [6.07, 6.45) is 2.44. The van der Waals surface area contributed by atoms with Crippen LogP contribution < -0.4 is 10.6 Å². The van der Waals surface area contributed by atoms with Crippen molar-refractivity contribution in [3.8, 4) is 0 Å². The van der Waals surface area contributed by atoms with Crippen molar-refractivity contribution in [1.82, 2.24) is 0 Å². The van der Waals surface area contributed by atoms with Gasteiger partial charge in [0.15, 0.2) is 0 Å². The molecule has 3 rings (SSSR count). The number of benzene rings is 1. The number of hydrogen-bond donors (Lipinski definition) is 1. The van der Waals surface area contributed by atoms with Crippen molar-refractivity contribution in [3.05, 3.63) is 28.2 Å². The number of hydrogen-bond acceptors (Lipinski definition) is 2. The van der Waals surface area contributed by atoms with E-state index in [1.807, 2.05) is 0 Å². The molecular weight excluding hydrogens is 252 g/mol. The molecule has 0 aromatic heterocycles. The van der Waals surface area contributed by atoms with E-state index in [4.69, 9.17) is 5.73 Å². The van der Waals surface area contributed by atoms with Crippen molar-refractivity contribution in [3.63, 3.8) is 0 Å². The highest BCUT2D eigenvalue weighted by Crippen LogP contribution is 2.41. The van der Waals surface area contributed by atoms with Gasteiger partial charge in [0.1, 0.15) is 0 Å². The van der Waals surface area contributed by atoms with Gasteiger partial charge in [-0.15, -0.1) is 0 Å². The average Bonchev–Trinajstić information content (AvgIpc) is 2.76. The van der Waals surface area contributed by atoms with E-state index in [0.717, 1.165) is 6.54 Å². The summed E-state index contributed by atoms with van der Waals surface area (Å²) in [7, 11) is 0. The Morgan fingerprint density at radius 2 is 2.33 bits per heavy atom. The van der Waals surface area contributed by atoms with Crippen LogP contribution in [0.2, 0.25) is 0 Å². The van der Waals surface area contributed by atoms with Crippen molar-refractivity contribution in [2.45, 2.75) is 18.9 Å². The highest BCUT2D eigenvalue weighted by atomic mass is 79.9. The lowest BCUT2D eigenvalue weighted by Crippen LogP contribution is -2.32. The standard InChI is InChI=1S/C12H15BrN2/c13-10-2-1-8-5-11-9(7-14)3-4-15(11)12(8)6-10/h1-2,6,9,11H,3-5,7,14H2. The molecule has 0 spiro atoms. The molecule has 1 saturated heterocycles. The fraction of sp³-hybridized carbons (Fsp3) is 0.500. The molecule has 2 nitrogen and oxygen atoms in total. The highest BCUT2D eigenvalue weighted by Gasteiger charge is 2.38. The molecule has 0 radical (unpaired) electrons. The first-order valence-corrected chi connectivity index (χ1v) is 6.34. The van der Waals surface area contributed by atoms with Crippen molar-refractivity contribution in [2.75, 3.05) is 18.0 Å². The second-order valence-corrected chi connectivity index (χ2v) is 5.44. The van der Waals surface area contributed by atoms with E-state index in [1.165, 1.54) is 35.1 Å². The first kappa shape index (κ1) is 9.67. The maximum absolute atomic E-state index is 5.82. The lowest BCUT2D eigenvalue weighted by molar-refractivity contribution is 0.491. The molecule has 3 heteroatoms. The van der Waals surface area contributed by atoms with Crippen molar-refractivity contribution < 1.29 is 0 Å². The van der Waals surface area contributed by atoms with Crippen molar-refractivity contribution in [1.29, 1.82) is 0 Å². The van der Waals surface area contributed by atoms with E-state index in [0.29, 0.717) is 12.0 Å². The van der Waals surface area contributed by atoms with E-state index >= 15 is 0 Å². The Balaban J connectivity index is 1.98.